The van der Waals surface area contributed by atoms with Crippen LogP contribution in [0.15, 0.2) is 60.2 Å². The molecule has 0 spiro atoms. The van der Waals surface area contributed by atoms with Crippen molar-refractivity contribution in [1.82, 2.24) is 0 Å². The number of carbonyl (C=O) groups excluding carboxylic acids is 4. The van der Waals surface area contributed by atoms with E-state index in [1.165, 1.54) is 9.80 Å². The van der Waals surface area contributed by atoms with Gasteiger partial charge in [-0.25, -0.2) is 4.90 Å². The first kappa shape index (κ1) is 25.0. The zero-order chi connectivity index (χ0) is 26.3. The van der Waals surface area contributed by atoms with E-state index in [2.05, 4.69) is 0 Å². The molecule has 0 saturated carbocycles. The van der Waals surface area contributed by atoms with Crippen molar-refractivity contribution in [3.63, 3.8) is 0 Å². The molecule has 4 atom stereocenters. The fourth-order valence-corrected chi connectivity index (χ4v) is 5.98. The number of nitrogens with zero attached hydrogens (tertiary/aromatic N) is 2. The minimum Gasteiger partial charge on any atom is -0.380 e. The molecule has 2 aromatic rings. The Morgan fingerprint density at radius 2 is 1.35 bits per heavy atom. The van der Waals surface area contributed by atoms with Crippen LogP contribution in [0.3, 0.4) is 0 Å². The molecule has 0 N–H and O–H groups in total. The summed E-state index contributed by atoms with van der Waals surface area (Å²) in [5.41, 5.74) is 3.56. The number of carbonyl (C=O) groups is 4. The Morgan fingerprint density at radius 1 is 0.784 bits per heavy atom. The molecule has 0 bridgehead atoms. The first-order valence-electron chi connectivity index (χ1n) is 12.4. The lowest BCUT2D eigenvalue weighted by atomic mass is 9.71. The highest BCUT2D eigenvalue weighted by Gasteiger charge is 2.54. The van der Waals surface area contributed by atoms with E-state index in [1.807, 2.05) is 25.1 Å². The molecule has 3 aliphatic rings. The Kier molecular flexibility index (Phi) is 6.79. The maximum Gasteiger partial charge on any atom is 0.241 e. The quantitative estimate of drug-likeness (QED) is 0.424. The number of methoxy groups -OCH3 is 2. The van der Waals surface area contributed by atoms with Crippen LogP contribution in [0.4, 0.5) is 11.4 Å². The van der Waals surface area contributed by atoms with Gasteiger partial charge in [-0.2, -0.15) is 0 Å². The Bertz CT molecular complexity index is 1300. The molecule has 2 fully saturated rings. The Balaban J connectivity index is 1.39. The second kappa shape index (κ2) is 10.0. The van der Waals surface area contributed by atoms with Crippen LogP contribution in [0.5, 0.6) is 0 Å². The third-order valence-corrected chi connectivity index (χ3v) is 7.58. The van der Waals surface area contributed by atoms with E-state index in [-0.39, 0.29) is 36.0 Å². The van der Waals surface area contributed by atoms with Crippen molar-refractivity contribution >= 4 is 35.0 Å². The van der Waals surface area contributed by atoms with Crippen molar-refractivity contribution in [1.29, 1.82) is 0 Å². The summed E-state index contributed by atoms with van der Waals surface area (Å²) in [6, 6.07) is 14.4. The molecule has 192 valence electrons. The first-order valence-corrected chi connectivity index (χ1v) is 12.4. The molecule has 1 aliphatic carbocycles. The average Bonchev–Trinajstić information content (AvgIpc) is 3.31. The molecule has 0 aromatic heterocycles. The highest BCUT2D eigenvalue weighted by Crippen LogP contribution is 2.46. The number of ether oxygens (including phenoxy) is 2. The maximum atomic E-state index is 13.5. The lowest BCUT2D eigenvalue weighted by Gasteiger charge is -2.29. The highest BCUT2D eigenvalue weighted by atomic mass is 16.5. The third kappa shape index (κ3) is 4.40. The Hall–Kier alpha value is -3.62. The van der Waals surface area contributed by atoms with Crippen molar-refractivity contribution in [3.8, 4) is 0 Å². The molecular formula is C29H30N2O6. The van der Waals surface area contributed by atoms with Gasteiger partial charge >= 0.3 is 0 Å². The van der Waals surface area contributed by atoms with E-state index in [0.717, 1.165) is 16.7 Å². The molecule has 5 rings (SSSR count). The van der Waals surface area contributed by atoms with Crippen LogP contribution in [0, 0.1) is 23.7 Å². The molecule has 37 heavy (non-hydrogen) atoms. The third-order valence-electron chi connectivity index (χ3n) is 7.58. The second-order valence-corrected chi connectivity index (χ2v) is 9.99. The Labute approximate surface area is 215 Å². The number of benzene rings is 2. The summed E-state index contributed by atoms with van der Waals surface area (Å²) in [5, 5.41) is 0. The number of fused-ring (bicyclic) bond motifs is 1. The molecule has 2 saturated heterocycles. The minimum absolute atomic E-state index is 0.0735. The molecule has 8 nitrogen and oxygen atoms in total. The van der Waals surface area contributed by atoms with Crippen LogP contribution in [0.2, 0.25) is 0 Å². The van der Waals surface area contributed by atoms with Gasteiger partial charge in [-0.15, -0.1) is 0 Å². The molecule has 2 aliphatic heterocycles. The van der Waals surface area contributed by atoms with Crippen molar-refractivity contribution in [2.75, 3.05) is 24.0 Å². The van der Waals surface area contributed by atoms with Crippen LogP contribution in [-0.2, 0) is 41.9 Å². The van der Waals surface area contributed by atoms with Gasteiger partial charge < -0.3 is 9.47 Å². The predicted octanol–water partition coefficient (Wildman–Crippen LogP) is 3.63. The lowest BCUT2D eigenvalue weighted by molar-refractivity contribution is -0.125. The number of hydrogen-bond donors (Lipinski definition) is 0. The number of imide groups is 2. The van der Waals surface area contributed by atoms with Gasteiger partial charge in [-0.3, -0.25) is 24.1 Å². The van der Waals surface area contributed by atoms with Gasteiger partial charge in [-0.1, -0.05) is 35.9 Å². The monoisotopic (exact) mass is 502 g/mol. The summed E-state index contributed by atoms with van der Waals surface area (Å²) < 4.78 is 10.4. The van der Waals surface area contributed by atoms with Gasteiger partial charge in [-0.05, 0) is 54.7 Å². The van der Waals surface area contributed by atoms with Gasteiger partial charge in [0.1, 0.15) is 0 Å². The largest absolute Gasteiger partial charge is 0.380 e. The summed E-state index contributed by atoms with van der Waals surface area (Å²) in [4.78, 5) is 55.9. The topological polar surface area (TPSA) is 93.2 Å². The fraction of sp³-hybridized carbons (Fsp3) is 0.379. The van der Waals surface area contributed by atoms with Crippen LogP contribution in [-0.4, -0.2) is 37.8 Å². The van der Waals surface area contributed by atoms with Gasteiger partial charge in [0.2, 0.25) is 23.6 Å². The van der Waals surface area contributed by atoms with E-state index < -0.39 is 17.8 Å². The SMILES string of the molecule is COCc1cccc(N2C(=O)[C@@H]3C(C)=C[C@@H]([C@H]4CC(=O)N(c5cccc(COC)c5)C4=O)C[C@@H]3C2=O)c1. The number of anilines is 2. The van der Waals surface area contributed by atoms with E-state index in [9.17, 15) is 19.2 Å². The van der Waals surface area contributed by atoms with Crippen LogP contribution < -0.4 is 9.80 Å². The normalized spacial score (nSPS) is 25.6. The number of allylic oxidation sites excluding steroid dienone is 1. The van der Waals surface area contributed by atoms with Gasteiger partial charge in [0, 0.05) is 20.6 Å². The first-order chi connectivity index (χ1) is 17.8. The number of rotatable bonds is 7. The maximum absolute atomic E-state index is 13.5. The van der Waals surface area contributed by atoms with Gasteiger partial charge in [0.15, 0.2) is 0 Å². The van der Waals surface area contributed by atoms with Crippen molar-refractivity contribution in [2.45, 2.75) is 33.0 Å². The van der Waals surface area contributed by atoms with Crippen molar-refractivity contribution in [2.24, 2.45) is 23.7 Å². The standard InChI is InChI=1S/C29H30N2O6/c1-17-10-20(23-14-25(32)30(27(23)33)21-8-4-6-18(11-21)15-36-2)13-24-26(17)29(35)31(28(24)34)22-9-5-7-19(12-22)16-37-3/h4-12,20,23-24,26H,13-16H2,1-3H3/t20-,23-,24+,26-/m1/s1. The highest BCUT2D eigenvalue weighted by molar-refractivity contribution is 6.23. The van der Waals surface area contributed by atoms with Gasteiger partial charge in [0.05, 0.1) is 42.3 Å². The molecule has 0 unspecified atom stereocenters. The fourth-order valence-electron chi connectivity index (χ4n) is 5.98. The van der Waals surface area contributed by atoms with E-state index in [4.69, 9.17) is 9.47 Å². The predicted molar refractivity (Wildman–Crippen MR) is 136 cm³/mol. The minimum atomic E-state index is -0.573. The average molecular weight is 503 g/mol. The van der Waals surface area contributed by atoms with E-state index >= 15 is 0 Å². The summed E-state index contributed by atoms with van der Waals surface area (Å²) in [5.74, 6) is -3.03. The summed E-state index contributed by atoms with van der Waals surface area (Å²) in [7, 11) is 3.18. The van der Waals surface area contributed by atoms with Crippen LogP contribution in [0.25, 0.3) is 0 Å². The molecule has 2 aromatic carbocycles. The Morgan fingerprint density at radius 3 is 1.95 bits per heavy atom. The molecule has 4 amide bonds. The molecular weight excluding hydrogens is 472 g/mol. The van der Waals surface area contributed by atoms with E-state index in [1.54, 1.807) is 50.6 Å². The zero-order valence-corrected chi connectivity index (χ0v) is 21.2. The molecule has 8 heteroatoms. The van der Waals surface area contributed by atoms with E-state index in [0.29, 0.717) is 31.0 Å². The van der Waals surface area contributed by atoms with Crippen molar-refractivity contribution in [3.05, 3.63) is 71.3 Å². The summed E-state index contributed by atoms with van der Waals surface area (Å²) in [6.07, 6.45) is 2.35. The lowest BCUT2D eigenvalue weighted by Crippen LogP contribution is -2.35. The summed E-state index contributed by atoms with van der Waals surface area (Å²) >= 11 is 0. The van der Waals surface area contributed by atoms with Crippen LogP contribution in [0.1, 0.15) is 30.9 Å². The smallest absolute Gasteiger partial charge is 0.241 e. The van der Waals surface area contributed by atoms with Crippen molar-refractivity contribution < 1.29 is 28.7 Å². The molecule has 0 radical (unpaired) electrons. The zero-order valence-electron chi connectivity index (χ0n) is 21.2. The number of hydrogen-bond acceptors (Lipinski definition) is 6. The van der Waals surface area contributed by atoms with Gasteiger partial charge in [0.25, 0.3) is 0 Å². The second-order valence-electron chi connectivity index (χ2n) is 9.99. The summed E-state index contributed by atoms with van der Waals surface area (Å²) in [6.45, 7) is 2.59. The number of amides is 4. The molecule has 2 heterocycles. The van der Waals surface area contributed by atoms with Crippen LogP contribution >= 0.6 is 0 Å².